The number of anilines is 2. The molecule has 11 heteroatoms. The van der Waals surface area contributed by atoms with Crippen LogP contribution in [0, 0.1) is 0 Å². The molecule has 2 heterocycles. The summed E-state index contributed by atoms with van der Waals surface area (Å²) >= 11 is 12.9. The van der Waals surface area contributed by atoms with Crippen molar-refractivity contribution in [2.75, 3.05) is 24.6 Å². The second kappa shape index (κ2) is 7.49. The highest BCUT2D eigenvalue weighted by atomic mass is 35.5. The van der Waals surface area contributed by atoms with Crippen LogP contribution >= 0.6 is 23.2 Å². The smallest absolute Gasteiger partial charge is 0.243 e. The number of sulfonamides is 1. The van der Waals surface area contributed by atoms with Gasteiger partial charge in [0.15, 0.2) is 0 Å². The largest absolute Gasteiger partial charge is 0.368 e. The van der Waals surface area contributed by atoms with Gasteiger partial charge in [-0.1, -0.05) is 35.3 Å². The Morgan fingerprint density at radius 1 is 0.966 bits per heavy atom. The lowest BCUT2D eigenvalue weighted by Crippen LogP contribution is -2.27. The molecular formula is C18H18Cl2N6O2S. The first kappa shape index (κ1) is 20.0. The van der Waals surface area contributed by atoms with Crippen LogP contribution in [-0.2, 0) is 10.0 Å². The van der Waals surface area contributed by atoms with Gasteiger partial charge in [0.25, 0.3) is 0 Å². The first-order chi connectivity index (χ1) is 13.8. The predicted octanol–water partition coefficient (Wildman–Crippen LogP) is 3.19. The van der Waals surface area contributed by atoms with Crippen LogP contribution in [-0.4, -0.2) is 40.6 Å². The summed E-state index contributed by atoms with van der Waals surface area (Å²) in [6, 6.07) is 9.80. The molecule has 1 saturated heterocycles. The van der Waals surface area contributed by atoms with Gasteiger partial charge in [-0.2, -0.15) is 14.0 Å². The number of nitrogens with two attached hydrogens (primary N) is 2. The second-order valence-corrected chi connectivity index (χ2v) is 9.41. The zero-order valence-electron chi connectivity index (χ0n) is 15.2. The summed E-state index contributed by atoms with van der Waals surface area (Å²) in [5.41, 5.74) is 13.1. The third-order valence-corrected chi connectivity index (χ3v) is 7.27. The number of rotatable bonds is 4. The van der Waals surface area contributed by atoms with Crippen molar-refractivity contribution in [2.24, 2.45) is 0 Å². The maximum atomic E-state index is 12.7. The number of aromatic nitrogens is 3. The fraction of sp³-hybridized carbons (Fsp3) is 0.222. The van der Waals surface area contributed by atoms with Crippen LogP contribution in [0.4, 0.5) is 11.9 Å². The molecule has 0 spiro atoms. The van der Waals surface area contributed by atoms with Crippen LogP contribution in [0.1, 0.15) is 12.8 Å². The van der Waals surface area contributed by atoms with E-state index in [4.69, 9.17) is 34.7 Å². The van der Waals surface area contributed by atoms with Gasteiger partial charge < -0.3 is 11.5 Å². The quantitative estimate of drug-likeness (QED) is 0.626. The van der Waals surface area contributed by atoms with Crippen LogP contribution in [0.25, 0.3) is 16.8 Å². The van der Waals surface area contributed by atoms with E-state index in [0.717, 1.165) is 12.8 Å². The number of nitrogens with zero attached hydrogens (tertiary/aromatic N) is 4. The van der Waals surface area contributed by atoms with Gasteiger partial charge in [-0.05, 0) is 42.7 Å². The van der Waals surface area contributed by atoms with E-state index >= 15 is 0 Å². The minimum atomic E-state index is -3.48. The predicted molar refractivity (Wildman–Crippen MR) is 114 cm³/mol. The molecule has 4 N–H and O–H groups in total. The van der Waals surface area contributed by atoms with Gasteiger partial charge in [0.1, 0.15) is 0 Å². The lowest BCUT2D eigenvalue weighted by Gasteiger charge is -2.16. The highest BCUT2D eigenvalue weighted by molar-refractivity contribution is 7.89. The van der Waals surface area contributed by atoms with Gasteiger partial charge in [0, 0.05) is 18.7 Å². The summed E-state index contributed by atoms with van der Waals surface area (Å²) in [6.45, 7) is 1.11. The van der Waals surface area contributed by atoms with E-state index in [2.05, 4.69) is 10.1 Å². The van der Waals surface area contributed by atoms with Crippen molar-refractivity contribution in [3.8, 4) is 16.8 Å². The van der Waals surface area contributed by atoms with E-state index in [-0.39, 0.29) is 16.8 Å². The molecule has 0 unspecified atom stereocenters. The molecule has 1 aromatic heterocycles. The van der Waals surface area contributed by atoms with Crippen LogP contribution in [0.2, 0.25) is 10.0 Å². The Labute approximate surface area is 178 Å². The second-order valence-electron chi connectivity index (χ2n) is 6.66. The summed E-state index contributed by atoms with van der Waals surface area (Å²) in [6.07, 6.45) is 1.77. The van der Waals surface area contributed by atoms with Gasteiger partial charge >= 0.3 is 0 Å². The Morgan fingerprint density at radius 2 is 1.55 bits per heavy atom. The lowest BCUT2D eigenvalue weighted by atomic mass is 10.1. The van der Waals surface area contributed by atoms with Crippen molar-refractivity contribution < 1.29 is 8.42 Å². The Hall–Kier alpha value is -2.33. The van der Waals surface area contributed by atoms with E-state index in [0.29, 0.717) is 39.9 Å². The molecule has 0 bridgehead atoms. The number of benzene rings is 2. The first-order valence-electron chi connectivity index (χ1n) is 8.85. The molecule has 0 aliphatic carbocycles. The summed E-state index contributed by atoms with van der Waals surface area (Å²) in [5, 5.41) is 4.73. The molecule has 1 aliphatic rings. The first-order valence-corrected chi connectivity index (χ1v) is 11.0. The van der Waals surface area contributed by atoms with E-state index in [1.165, 1.54) is 8.99 Å². The number of hydrogen-bond acceptors (Lipinski definition) is 6. The molecule has 4 rings (SSSR count). The van der Waals surface area contributed by atoms with Gasteiger partial charge in [-0.15, -0.1) is 5.10 Å². The van der Waals surface area contributed by atoms with E-state index < -0.39 is 10.0 Å². The maximum Gasteiger partial charge on any atom is 0.243 e. The Morgan fingerprint density at radius 3 is 2.07 bits per heavy atom. The minimum Gasteiger partial charge on any atom is -0.368 e. The zero-order chi connectivity index (χ0) is 20.8. The Bertz CT molecular complexity index is 1150. The molecule has 0 atom stereocenters. The topological polar surface area (TPSA) is 120 Å². The summed E-state index contributed by atoms with van der Waals surface area (Å²) < 4.78 is 28.2. The standard InChI is InChI=1S/C18H18Cl2N6O2S/c19-14-9-12(26-18(22)23-17(21)24-26)10-15(20)16(14)11-3-5-13(6-4-11)29(27,28)25-7-1-2-8-25/h3-6,9-10H,1-2,7-8H2,(H4,21,22,23,24). The average molecular weight is 453 g/mol. The Balaban J connectivity index is 1.69. The summed E-state index contributed by atoms with van der Waals surface area (Å²) in [7, 11) is -3.48. The van der Waals surface area contributed by atoms with E-state index in [1.54, 1.807) is 36.4 Å². The summed E-state index contributed by atoms with van der Waals surface area (Å²) in [4.78, 5) is 4.10. The fourth-order valence-electron chi connectivity index (χ4n) is 3.36. The zero-order valence-corrected chi connectivity index (χ0v) is 17.5. The Kier molecular flexibility index (Phi) is 5.16. The highest BCUT2D eigenvalue weighted by Gasteiger charge is 2.27. The van der Waals surface area contributed by atoms with Gasteiger partial charge in [-0.25, -0.2) is 8.42 Å². The van der Waals surface area contributed by atoms with Crippen LogP contribution in [0.15, 0.2) is 41.3 Å². The number of hydrogen-bond donors (Lipinski definition) is 2. The minimum absolute atomic E-state index is 0.0358. The van der Waals surface area contributed by atoms with Crippen molar-refractivity contribution in [1.29, 1.82) is 0 Å². The third-order valence-electron chi connectivity index (χ3n) is 4.77. The van der Waals surface area contributed by atoms with Gasteiger partial charge in [0.05, 0.1) is 20.6 Å². The van der Waals surface area contributed by atoms with Crippen LogP contribution in [0.3, 0.4) is 0 Å². The van der Waals surface area contributed by atoms with Crippen molar-refractivity contribution in [1.82, 2.24) is 19.1 Å². The molecule has 8 nitrogen and oxygen atoms in total. The van der Waals surface area contributed by atoms with Crippen molar-refractivity contribution >= 4 is 45.1 Å². The maximum absolute atomic E-state index is 12.7. The number of halogens is 2. The molecule has 152 valence electrons. The summed E-state index contributed by atoms with van der Waals surface area (Å²) in [5.74, 6) is 0.146. The van der Waals surface area contributed by atoms with Crippen molar-refractivity contribution in [3.05, 3.63) is 46.4 Å². The SMILES string of the molecule is Nc1nc(N)n(-c2cc(Cl)c(-c3ccc(S(=O)(=O)N4CCCC4)cc3)c(Cl)c2)n1. The lowest BCUT2D eigenvalue weighted by molar-refractivity contribution is 0.477. The third kappa shape index (κ3) is 3.66. The fourth-order valence-corrected chi connectivity index (χ4v) is 5.57. The van der Waals surface area contributed by atoms with Gasteiger partial charge in [-0.3, -0.25) is 0 Å². The highest BCUT2D eigenvalue weighted by Crippen LogP contribution is 2.37. The monoisotopic (exact) mass is 452 g/mol. The van der Waals surface area contributed by atoms with Gasteiger partial charge in [0.2, 0.25) is 21.9 Å². The van der Waals surface area contributed by atoms with Crippen LogP contribution < -0.4 is 11.5 Å². The number of nitrogen functional groups attached to an aromatic ring is 2. The molecular weight excluding hydrogens is 435 g/mol. The molecule has 1 aliphatic heterocycles. The van der Waals surface area contributed by atoms with E-state index in [1.807, 2.05) is 0 Å². The molecule has 3 aromatic rings. The molecule has 2 aromatic carbocycles. The van der Waals surface area contributed by atoms with Crippen molar-refractivity contribution in [3.63, 3.8) is 0 Å². The molecule has 1 fully saturated rings. The molecule has 0 amide bonds. The molecule has 29 heavy (non-hydrogen) atoms. The van der Waals surface area contributed by atoms with E-state index in [9.17, 15) is 8.42 Å². The van der Waals surface area contributed by atoms with Crippen molar-refractivity contribution in [2.45, 2.75) is 17.7 Å². The average Bonchev–Trinajstić information content (AvgIpc) is 3.31. The van der Waals surface area contributed by atoms with Crippen LogP contribution in [0.5, 0.6) is 0 Å². The molecule has 0 saturated carbocycles. The normalized spacial score (nSPS) is 15.1. The molecule has 0 radical (unpaired) electrons.